The Labute approximate surface area is 110 Å². The molecule has 0 atom stereocenters. The SMILES string of the molecule is Cc1nnc(COc2c(C)cc(C#N)cc2C)s1. The first-order chi connectivity index (χ1) is 8.60. The Hall–Kier alpha value is -1.93. The summed E-state index contributed by atoms with van der Waals surface area (Å²) in [6.45, 7) is 6.21. The van der Waals surface area contributed by atoms with Crippen molar-refractivity contribution in [3.8, 4) is 11.8 Å². The summed E-state index contributed by atoms with van der Waals surface area (Å²) in [6, 6.07) is 5.79. The first-order valence-electron chi connectivity index (χ1n) is 5.53. The van der Waals surface area contributed by atoms with E-state index in [1.54, 1.807) is 0 Å². The molecule has 1 aromatic heterocycles. The van der Waals surface area contributed by atoms with Crippen LogP contribution in [0.25, 0.3) is 0 Å². The number of benzene rings is 1. The van der Waals surface area contributed by atoms with E-state index in [1.807, 2.05) is 32.9 Å². The van der Waals surface area contributed by atoms with Gasteiger partial charge in [-0.1, -0.05) is 11.3 Å². The van der Waals surface area contributed by atoms with E-state index in [0.29, 0.717) is 12.2 Å². The average molecular weight is 259 g/mol. The molecule has 4 nitrogen and oxygen atoms in total. The third kappa shape index (κ3) is 2.66. The van der Waals surface area contributed by atoms with Crippen LogP contribution in [-0.4, -0.2) is 10.2 Å². The zero-order valence-electron chi connectivity index (χ0n) is 10.5. The average Bonchev–Trinajstić information content (AvgIpc) is 2.73. The fraction of sp³-hybridized carbons (Fsp3) is 0.308. The van der Waals surface area contributed by atoms with E-state index in [0.717, 1.165) is 26.9 Å². The van der Waals surface area contributed by atoms with E-state index in [4.69, 9.17) is 10.00 Å². The molecule has 1 aromatic carbocycles. The van der Waals surface area contributed by atoms with Crippen LogP contribution in [0.5, 0.6) is 5.75 Å². The largest absolute Gasteiger partial charge is 0.486 e. The van der Waals surface area contributed by atoms with Crippen LogP contribution in [0, 0.1) is 32.1 Å². The minimum Gasteiger partial charge on any atom is -0.486 e. The van der Waals surface area contributed by atoms with Crippen molar-refractivity contribution < 1.29 is 4.74 Å². The summed E-state index contributed by atoms with van der Waals surface area (Å²) in [7, 11) is 0. The Bertz CT molecular complexity index is 590. The van der Waals surface area contributed by atoms with Gasteiger partial charge in [0.15, 0.2) is 5.01 Å². The van der Waals surface area contributed by atoms with Gasteiger partial charge in [0.2, 0.25) is 0 Å². The van der Waals surface area contributed by atoms with Crippen molar-refractivity contribution in [3.05, 3.63) is 38.8 Å². The molecule has 0 aliphatic carbocycles. The molecule has 0 radical (unpaired) electrons. The van der Waals surface area contributed by atoms with Gasteiger partial charge < -0.3 is 4.74 Å². The molecule has 0 N–H and O–H groups in total. The second kappa shape index (κ2) is 5.15. The molecule has 0 aliphatic heterocycles. The Kier molecular flexibility index (Phi) is 3.58. The van der Waals surface area contributed by atoms with Gasteiger partial charge in [-0.15, -0.1) is 10.2 Å². The molecule has 5 heteroatoms. The number of hydrogen-bond acceptors (Lipinski definition) is 5. The molecule has 18 heavy (non-hydrogen) atoms. The Morgan fingerprint density at radius 1 is 1.22 bits per heavy atom. The monoisotopic (exact) mass is 259 g/mol. The Morgan fingerprint density at radius 2 is 1.89 bits per heavy atom. The summed E-state index contributed by atoms with van der Waals surface area (Å²) >= 11 is 1.53. The molecule has 0 saturated heterocycles. The molecule has 0 fully saturated rings. The highest BCUT2D eigenvalue weighted by molar-refractivity contribution is 7.11. The minimum absolute atomic E-state index is 0.416. The molecule has 1 heterocycles. The summed E-state index contributed by atoms with van der Waals surface area (Å²) in [5.41, 5.74) is 2.59. The van der Waals surface area contributed by atoms with Crippen molar-refractivity contribution in [2.24, 2.45) is 0 Å². The van der Waals surface area contributed by atoms with Gasteiger partial charge in [-0.25, -0.2) is 0 Å². The van der Waals surface area contributed by atoms with Crippen molar-refractivity contribution in [2.45, 2.75) is 27.4 Å². The lowest BCUT2D eigenvalue weighted by atomic mass is 10.1. The van der Waals surface area contributed by atoms with Gasteiger partial charge >= 0.3 is 0 Å². The number of nitrogens with zero attached hydrogens (tertiary/aromatic N) is 3. The molecule has 0 aliphatic rings. The van der Waals surface area contributed by atoms with E-state index >= 15 is 0 Å². The van der Waals surface area contributed by atoms with Gasteiger partial charge in [0.1, 0.15) is 17.4 Å². The highest BCUT2D eigenvalue weighted by Gasteiger charge is 2.08. The van der Waals surface area contributed by atoms with E-state index in [-0.39, 0.29) is 0 Å². The van der Waals surface area contributed by atoms with Gasteiger partial charge in [-0.2, -0.15) is 5.26 Å². The number of aromatic nitrogens is 2. The molecular weight excluding hydrogens is 246 g/mol. The molecule has 0 bridgehead atoms. The standard InChI is InChI=1S/C13H13N3OS/c1-8-4-11(6-14)5-9(2)13(8)17-7-12-16-15-10(3)18-12/h4-5H,7H2,1-3H3. The summed E-state index contributed by atoms with van der Waals surface area (Å²) in [4.78, 5) is 0. The molecule has 2 rings (SSSR count). The fourth-order valence-corrected chi connectivity index (χ4v) is 2.39. The number of ether oxygens (including phenoxy) is 1. The second-order valence-corrected chi connectivity index (χ2v) is 5.32. The maximum absolute atomic E-state index is 8.88. The van der Waals surface area contributed by atoms with Gasteiger partial charge in [0.05, 0.1) is 11.6 Å². The van der Waals surface area contributed by atoms with Crippen molar-refractivity contribution in [2.75, 3.05) is 0 Å². The number of rotatable bonds is 3. The predicted octanol–water partition coefficient (Wildman–Crippen LogP) is 2.91. The number of nitriles is 1. The third-order valence-electron chi connectivity index (χ3n) is 2.50. The van der Waals surface area contributed by atoms with Crippen LogP contribution in [0.1, 0.15) is 26.7 Å². The lowest BCUT2D eigenvalue weighted by Gasteiger charge is -2.11. The van der Waals surface area contributed by atoms with Gasteiger partial charge in [-0.05, 0) is 44.0 Å². The second-order valence-electron chi connectivity index (χ2n) is 4.05. The Morgan fingerprint density at radius 3 is 2.39 bits per heavy atom. The molecule has 0 spiro atoms. The maximum Gasteiger partial charge on any atom is 0.155 e. The molecular formula is C13H13N3OS. The highest BCUT2D eigenvalue weighted by atomic mass is 32.1. The van der Waals surface area contributed by atoms with Crippen molar-refractivity contribution in [1.29, 1.82) is 5.26 Å². The van der Waals surface area contributed by atoms with E-state index in [1.165, 1.54) is 11.3 Å². The van der Waals surface area contributed by atoms with E-state index < -0.39 is 0 Å². The van der Waals surface area contributed by atoms with Crippen LogP contribution in [0.15, 0.2) is 12.1 Å². The fourth-order valence-electron chi connectivity index (χ4n) is 1.77. The molecule has 92 valence electrons. The van der Waals surface area contributed by atoms with Crippen LogP contribution in [0.4, 0.5) is 0 Å². The van der Waals surface area contributed by atoms with Crippen molar-refractivity contribution in [3.63, 3.8) is 0 Å². The highest BCUT2D eigenvalue weighted by Crippen LogP contribution is 2.25. The number of hydrogen-bond donors (Lipinski definition) is 0. The van der Waals surface area contributed by atoms with Crippen LogP contribution in [0.3, 0.4) is 0 Å². The van der Waals surface area contributed by atoms with Crippen molar-refractivity contribution >= 4 is 11.3 Å². The topological polar surface area (TPSA) is 58.8 Å². The number of aryl methyl sites for hydroxylation is 3. The molecule has 0 amide bonds. The first-order valence-corrected chi connectivity index (χ1v) is 6.35. The normalized spacial score (nSPS) is 10.1. The predicted molar refractivity (Wildman–Crippen MR) is 69.6 cm³/mol. The molecule has 2 aromatic rings. The third-order valence-corrected chi connectivity index (χ3v) is 3.31. The van der Waals surface area contributed by atoms with Crippen LogP contribution >= 0.6 is 11.3 Å². The summed E-state index contributed by atoms with van der Waals surface area (Å²) in [6.07, 6.45) is 0. The maximum atomic E-state index is 8.88. The van der Waals surface area contributed by atoms with Gasteiger partial charge in [0, 0.05) is 0 Å². The van der Waals surface area contributed by atoms with E-state index in [2.05, 4.69) is 16.3 Å². The van der Waals surface area contributed by atoms with Gasteiger partial charge in [0.25, 0.3) is 0 Å². The van der Waals surface area contributed by atoms with Crippen molar-refractivity contribution in [1.82, 2.24) is 10.2 Å². The lowest BCUT2D eigenvalue weighted by molar-refractivity contribution is 0.300. The summed E-state index contributed by atoms with van der Waals surface area (Å²) < 4.78 is 5.76. The minimum atomic E-state index is 0.416. The molecule has 0 saturated carbocycles. The zero-order valence-corrected chi connectivity index (χ0v) is 11.3. The lowest BCUT2D eigenvalue weighted by Crippen LogP contribution is -1.99. The zero-order chi connectivity index (χ0) is 13.1. The first kappa shape index (κ1) is 12.5. The smallest absolute Gasteiger partial charge is 0.155 e. The quantitative estimate of drug-likeness (QED) is 0.850. The van der Waals surface area contributed by atoms with Crippen LogP contribution in [0.2, 0.25) is 0 Å². The Balaban J connectivity index is 2.17. The summed E-state index contributed by atoms with van der Waals surface area (Å²) in [5.74, 6) is 0.821. The van der Waals surface area contributed by atoms with Crippen LogP contribution in [-0.2, 0) is 6.61 Å². The molecule has 0 unspecified atom stereocenters. The van der Waals surface area contributed by atoms with Gasteiger partial charge in [-0.3, -0.25) is 0 Å². The van der Waals surface area contributed by atoms with Crippen LogP contribution < -0.4 is 4.74 Å². The summed E-state index contributed by atoms with van der Waals surface area (Å²) in [5, 5.41) is 18.6. The van der Waals surface area contributed by atoms with E-state index in [9.17, 15) is 0 Å².